The van der Waals surface area contributed by atoms with Crippen LogP contribution in [0.25, 0.3) is 0 Å². The minimum absolute atomic E-state index is 0.109. The van der Waals surface area contributed by atoms with Crippen LogP contribution in [0.2, 0.25) is 0 Å². The van der Waals surface area contributed by atoms with Crippen molar-refractivity contribution in [1.29, 1.82) is 0 Å². The van der Waals surface area contributed by atoms with E-state index in [9.17, 15) is 14.7 Å². The number of hydrogen-bond acceptors (Lipinski definition) is 3. The van der Waals surface area contributed by atoms with Gasteiger partial charge in [0.25, 0.3) is 0 Å². The van der Waals surface area contributed by atoms with Gasteiger partial charge in [-0.2, -0.15) is 0 Å². The highest BCUT2D eigenvalue weighted by atomic mass is 16.4. The molecule has 18 heavy (non-hydrogen) atoms. The zero-order chi connectivity index (χ0) is 13.3. The topological polar surface area (TPSA) is 69.6 Å². The number of nitrogens with one attached hydrogen (secondary N) is 1. The summed E-state index contributed by atoms with van der Waals surface area (Å²) in [7, 11) is 0. The van der Waals surface area contributed by atoms with Gasteiger partial charge in [0.05, 0.1) is 0 Å². The first-order valence-electron chi connectivity index (χ1n) is 6.75. The normalized spacial score (nSPS) is 30.7. The van der Waals surface area contributed by atoms with Crippen LogP contribution in [0.1, 0.15) is 33.1 Å². The van der Waals surface area contributed by atoms with Crippen molar-refractivity contribution in [3.63, 3.8) is 0 Å². The number of carbonyl (C=O) groups excluding carboxylic acids is 1. The fourth-order valence-electron chi connectivity index (χ4n) is 3.25. The maximum atomic E-state index is 11.3. The number of piperidine rings is 2. The molecule has 5 heteroatoms. The van der Waals surface area contributed by atoms with E-state index in [0.717, 1.165) is 25.9 Å². The van der Waals surface area contributed by atoms with Crippen molar-refractivity contribution < 1.29 is 14.7 Å². The molecule has 2 fully saturated rings. The van der Waals surface area contributed by atoms with Gasteiger partial charge in [-0.3, -0.25) is 14.5 Å². The number of aliphatic carboxylic acids is 1. The van der Waals surface area contributed by atoms with E-state index in [1.54, 1.807) is 0 Å². The van der Waals surface area contributed by atoms with Crippen LogP contribution in [0.4, 0.5) is 0 Å². The van der Waals surface area contributed by atoms with Crippen LogP contribution in [-0.2, 0) is 9.59 Å². The Kier molecular flexibility index (Phi) is 3.90. The van der Waals surface area contributed by atoms with Gasteiger partial charge in [-0.25, -0.2) is 0 Å². The van der Waals surface area contributed by atoms with Gasteiger partial charge in [0.1, 0.15) is 6.04 Å². The first-order valence-corrected chi connectivity index (χ1v) is 6.75. The molecule has 2 aliphatic rings. The van der Waals surface area contributed by atoms with Crippen LogP contribution in [0.5, 0.6) is 0 Å². The predicted octanol–water partition coefficient (Wildman–Crippen LogP) is 0.696. The van der Waals surface area contributed by atoms with Crippen LogP contribution in [-0.4, -0.2) is 47.1 Å². The van der Waals surface area contributed by atoms with Crippen molar-refractivity contribution in [2.75, 3.05) is 13.1 Å². The minimum atomic E-state index is -0.733. The highest BCUT2D eigenvalue weighted by Crippen LogP contribution is 2.27. The highest BCUT2D eigenvalue weighted by Gasteiger charge is 2.38. The summed E-state index contributed by atoms with van der Waals surface area (Å²) < 4.78 is 0. The molecule has 0 bridgehead atoms. The van der Waals surface area contributed by atoms with Crippen molar-refractivity contribution in [1.82, 2.24) is 10.2 Å². The zero-order valence-corrected chi connectivity index (χ0v) is 11.1. The molecular weight excluding hydrogens is 232 g/mol. The van der Waals surface area contributed by atoms with Crippen LogP contribution in [0.3, 0.4) is 0 Å². The number of fused-ring (bicyclic) bond motifs is 1. The monoisotopic (exact) mass is 254 g/mol. The van der Waals surface area contributed by atoms with Crippen molar-refractivity contribution >= 4 is 11.9 Å². The molecule has 3 unspecified atom stereocenters. The molecule has 0 aromatic heterocycles. The second-order valence-corrected chi connectivity index (χ2v) is 5.78. The molecule has 5 nitrogen and oxygen atoms in total. The SMILES string of the molecule is CC(C)C(C(=O)O)N1CCC2NC(=O)CCC2C1. The van der Waals surface area contributed by atoms with Gasteiger partial charge in [0.2, 0.25) is 5.91 Å². The lowest BCUT2D eigenvalue weighted by molar-refractivity contribution is -0.147. The lowest BCUT2D eigenvalue weighted by Crippen LogP contribution is -2.58. The number of carboxylic acid groups (broad SMARTS) is 1. The van der Waals surface area contributed by atoms with Crippen LogP contribution < -0.4 is 5.32 Å². The van der Waals surface area contributed by atoms with E-state index >= 15 is 0 Å². The second kappa shape index (κ2) is 5.26. The van der Waals surface area contributed by atoms with Crippen molar-refractivity contribution in [3.8, 4) is 0 Å². The number of likely N-dealkylation sites (tertiary alicyclic amines) is 1. The van der Waals surface area contributed by atoms with Gasteiger partial charge in [-0.05, 0) is 24.7 Å². The molecule has 102 valence electrons. The van der Waals surface area contributed by atoms with E-state index in [0.29, 0.717) is 12.3 Å². The quantitative estimate of drug-likeness (QED) is 0.777. The maximum absolute atomic E-state index is 11.3. The molecule has 0 aliphatic carbocycles. The predicted molar refractivity (Wildman–Crippen MR) is 67.1 cm³/mol. The Morgan fingerprint density at radius 2 is 2.17 bits per heavy atom. The lowest BCUT2D eigenvalue weighted by atomic mass is 9.84. The maximum Gasteiger partial charge on any atom is 0.321 e. The van der Waals surface area contributed by atoms with E-state index < -0.39 is 12.0 Å². The van der Waals surface area contributed by atoms with Crippen LogP contribution >= 0.6 is 0 Å². The molecule has 2 heterocycles. The fourth-order valence-corrected chi connectivity index (χ4v) is 3.25. The Bertz CT molecular complexity index is 343. The molecule has 2 aliphatic heterocycles. The zero-order valence-electron chi connectivity index (χ0n) is 11.1. The molecule has 2 rings (SSSR count). The summed E-state index contributed by atoms with van der Waals surface area (Å²) in [6.45, 7) is 5.46. The van der Waals surface area contributed by atoms with E-state index in [1.807, 2.05) is 13.8 Å². The van der Waals surface area contributed by atoms with E-state index in [4.69, 9.17) is 0 Å². The molecule has 0 aromatic rings. The fraction of sp³-hybridized carbons (Fsp3) is 0.846. The van der Waals surface area contributed by atoms with E-state index in [-0.39, 0.29) is 17.9 Å². The number of carbonyl (C=O) groups is 2. The molecule has 3 atom stereocenters. The minimum Gasteiger partial charge on any atom is -0.480 e. The Morgan fingerprint density at radius 3 is 2.78 bits per heavy atom. The molecule has 0 aromatic carbocycles. The molecule has 1 amide bonds. The van der Waals surface area contributed by atoms with Gasteiger partial charge < -0.3 is 10.4 Å². The molecular formula is C13H22N2O3. The smallest absolute Gasteiger partial charge is 0.321 e. The Labute approximate surface area is 108 Å². The molecule has 0 saturated carbocycles. The molecule has 2 N–H and O–H groups in total. The van der Waals surface area contributed by atoms with Crippen LogP contribution in [0.15, 0.2) is 0 Å². The number of hydrogen-bond donors (Lipinski definition) is 2. The van der Waals surface area contributed by atoms with E-state index in [1.165, 1.54) is 0 Å². The lowest BCUT2D eigenvalue weighted by Gasteiger charge is -2.44. The summed E-state index contributed by atoms with van der Waals surface area (Å²) in [6, 6.07) is -0.146. The molecule has 2 saturated heterocycles. The van der Waals surface area contributed by atoms with Gasteiger partial charge in [0, 0.05) is 25.6 Å². The van der Waals surface area contributed by atoms with Gasteiger partial charge in [-0.15, -0.1) is 0 Å². The summed E-state index contributed by atoms with van der Waals surface area (Å²) in [5.41, 5.74) is 0. The summed E-state index contributed by atoms with van der Waals surface area (Å²) >= 11 is 0. The first-order chi connectivity index (χ1) is 8.49. The van der Waals surface area contributed by atoms with Crippen LogP contribution in [0, 0.1) is 11.8 Å². The Hall–Kier alpha value is -1.10. The Morgan fingerprint density at radius 1 is 1.44 bits per heavy atom. The number of nitrogens with zero attached hydrogens (tertiary/aromatic N) is 1. The average Bonchev–Trinajstić information content (AvgIpc) is 2.28. The largest absolute Gasteiger partial charge is 0.480 e. The standard InChI is InChI=1S/C13H22N2O3/c1-8(2)12(13(17)18)15-6-5-10-9(7-15)3-4-11(16)14-10/h8-10,12H,3-7H2,1-2H3,(H,14,16)(H,17,18). The van der Waals surface area contributed by atoms with Crippen molar-refractivity contribution in [3.05, 3.63) is 0 Å². The number of rotatable bonds is 3. The summed E-state index contributed by atoms with van der Waals surface area (Å²) in [5.74, 6) is -0.0686. The van der Waals surface area contributed by atoms with Gasteiger partial charge in [0.15, 0.2) is 0 Å². The van der Waals surface area contributed by atoms with Crippen molar-refractivity contribution in [2.45, 2.75) is 45.2 Å². The van der Waals surface area contributed by atoms with E-state index in [2.05, 4.69) is 10.2 Å². The highest BCUT2D eigenvalue weighted by molar-refractivity contribution is 5.77. The van der Waals surface area contributed by atoms with Gasteiger partial charge in [-0.1, -0.05) is 13.8 Å². The molecule has 0 spiro atoms. The Balaban J connectivity index is 2.01. The second-order valence-electron chi connectivity index (χ2n) is 5.78. The number of carboxylic acids is 1. The molecule has 0 radical (unpaired) electrons. The summed E-state index contributed by atoms with van der Waals surface area (Å²) in [5, 5.41) is 12.3. The number of amides is 1. The average molecular weight is 254 g/mol. The third kappa shape index (κ3) is 2.66. The summed E-state index contributed by atoms with van der Waals surface area (Å²) in [6.07, 6.45) is 2.33. The summed E-state index contributed by atoms with van der Waals surface area (Å²) in [4.78, 5) is 24.7. The third-order valence-corrected chi connectivity index (χ3v) is 4.13. The first kappa shape index (κ1) is 13.3. The van der Waals surface area contributed by atoms with Crippen molar-refractivity contribution in [2.24, 2.45) is 11.8 Å². The van der Waals surface area contributed by atoms with Gasteiger partial charge >= 0.3 is 5.97 Å². The third-order valence-electron chi connectivity index (χ3n) is 4.13.